The quantitative estimate of drug-likeness (QED) is 0.803. The number of rotatable bonds is 3. The molecule has 0 atom stereocenters. The average Bonchev–Trinajstić information content (AvgIpc) is 2.92. The van der Waals surface area contributed by atoms with E-state index in [2.05, 4.69) is 29.0 Å². The summed E-state index contributed by atoms with van der Waals surface area (Å²) in [5.41, 5.74) is 1.30. The Morgan fingerprint density at radius 3 is 2.88 bits per heavy atom. The first-order chi connectivity index (χ1) is 8.24. The maximum absolute atomic E-state index is 8.85. The Morgan fingerprint density at radius 2 is 2.18 bits per heavy atom. The summed E-state index contributed by atoms with van der Waals surface area (Å²) >= 11 is 6.24. The fourth-order valence-corrected chi connectivity index (χ4v) is 2.73. The van der Waals surface area contributed by atoms with Crippen LogP contribution < -0.4 is 0 Å². The van der Waals surface area contributed by atoms with Crippen LogP contribution in [-0.2, 0) is 6.54 Å². The van der Waals surface area contributed by atoms with E-state index in [0.29, 0.717) is 6.42 Å². The van der Waals surface area contributed by atoms with E-state index >= 15 is 0 Å². The van der Waals surface area contributed by atoms with Crippen molar-refractivity contribution in [2.75, 3.05) is 0 Å². The summed E-state index contributed by atoms with van der Waals surface area (Å²) in [5, 5.41) is 10.8. The van der Waals surface area contributed by atoms with Crippen LogP contribution in [0.2, 0.25) is 5.02 Å². The molecule has 3 heteroatoms. The molecule has 17 heavy (non-hydrogen) atoms. The minimum absolute atomic E-state index is 0.208. The molecule has 1 aromatic carbocycles. The highest BCUT2D eigenvalue weighted by Crippen LogP contribution is 2.50. The molecule has 2 nitrogen and oxygen atoms in total. The molecule has 2 aromatic rings. The first-order valence-corrected chi connectivity index (χ1v) is 6.22. The fourth-order valence-electron chi connectivity index (χ4n) is 2.44. The van der Waals surface area contributed by atoms with E-state index in [-0.39, 0.29) is 5.41 Å². The van der Waals surface area contributed by atoms with Crippen LogP contribution in [0.4, 0.5) is 0 Å². The maximum atomic E-state index is 8.85. The number of hydrogen-bond donors (Lipinski definition) is 0. The zero-order chi connectivity index (χ0) is 11.9. The van der Waals surface area contributed by atoms with Crippen LogP contribution in [0.3, 0.4) is 0 Å². The molecule has 0 spiro atoms. The number of halogens is 1. The van der Waals surface area contributed by atoms with Crippen LogP contribution in [0, 0.1) is 16.7 Å². The second kappa shape index (κ2) is 3.78. The van der Waals surface area contributed by atoms with Crippen molar-refractivity contribution >= 4 is 22.5 Å². The van der Waals surface area contributed by atoms with E-state index in [1.165, 1.54) is 5.39 Å². The molecule has 0 amide bonds. The van der Waals surface area contributed by atoms with E-state index in [9.17, 15) is 0 Å². The SMILES string of the molecule is N#CCC1(Cn2ccc3cccc(Cl)c32)CC1. The van der Waals surface area contributed by atoms with Crippen molar-refractivity contribution in [1.82, 2.24) is 4.57 Å². The highest BCUT2D eigenvalue weighted by Gasteiger charge is 2.42. The first-order valence-electron chi connectivity index (χ1n) is 5.84. The summed E-state index contributed by atoms with van der Waals surface area (Å²) in [4.78, 5) is 0. The van der Waals surface area contributed by atoms with Crippen LogP contribution >= 0.6 is 11.6 Å². The van der Waals surface area contributed by atoms with Gasteiger partial charge in [0.05, 0.1) is 16.6 Å². The van der Waals surface area contributed by atoms with Crippen LogP contribution in [-0.4, -0.2) is 4.57 Å². The second-order valence-corrected chi connectivity index (χ2v) is 5.36. The molecule has 0 radical (unpaired) electrons. The molecule has 1 aliphatic rings. The van der Waals surface area contributed by atoms with Crippen molar-refractivity contribution in [3.8, 4) is 6.07 Å². The van der Waals surface area contributed by atoms with Crippen LogP contribution in [0.1, 0.15) is 19.3 Å². The first kappa shape index (κ1) is 10.7. The van der Waals surface area contributed by atoms with Gasteiger partial charge in [-0.25, -0.2) is 0 Å². The Bertz CT molecular complexity index is 602. The van der Waals surface area contributed by atoms with Crippen LogP contribution in [0.15, 0.2) is 30.5 Å². The Labute approximate surface area is 105 Å². The summed E-state index contributed by atoms with van der Waals surface area (Å²) in [6, 6.07) is 10.3. The van der Waals surface area contributed by atoms with Crippen molar-refractivity contribution in [3.63, 3.8) is 0 Å². The predicted molar refractivity (Wildman–Crippen MR) is 68.8 cm³/mol. The number of benzene rings is 1. The highest BCUT2D eigenvalue weighted by atomic mass is 35.5. The maximum Gasteiger partial charge on any atom is 0.0669 e. The predicted octanol–water partition coefficient (Wildman–Crippen LogP) is 3.99. The number of hydrogen-bond acceptors (Lipinski definition) is 1. The molecular weight excluding hydrogens is 232 g/mol. The molecule has 0 aliphatic heterocycles. The van der Waals surface area contributed by atoms with Crippen molar-refractivity contribution in [1.29, 1.82) is 5.26 Å². The number of nitrogens with zero attached hydrogens (tertiary/aromatic N) is 2. The third-order valence-corrected chi connectivity index (χ3v) is 3.96. The molecule has 0 N–H and O–H groups in total. The standard InChI is InChI=1S/C14H13ClN2/c15-12-3-1-2-11-4-9-17(13(11)12)10-14(5-6-14)7-8-16/h1-4,9H,5-7,10H2. The van der Waals surface area contributed by atoms with Gasteiger partial charge in [0, 0.05) is 30.0 Å². The molecule has 1 saturated carbocycles. The smallest absolute Gasteiger partial charge is 0.0669 e. The van der Waals surface area contributed by atoms with E-state index in [1.807, 2.05) is 12.1 Å². The lowest BCUT2D eigenvalue weighted by Gasteiger charge is -2.13. The molecule has 86 valence electrons. The number of nitriles is 1. The molecule has 1 aromatic heterocycles. The van der Waals surface area contributed by atoms with Gasteiger partial charge in [-0.15, -0.1) is 0 Å². The number of aromatic nitrogens is 1. The summed E-state index contributed by atoms with van der Waals surface area (Å²) in [5.74, 6) is 0. The number of para-hydroxylation sites is 1. The average molecular weight is 245 g/mol. The Balaban J connectivity index is 1.99. The van der Waals surface area contributed by atoms with Crippen LogP contribution in [0.5, 0.6) is 0 Å². The molecule has 1 heterocycles. The zero-order valence-electron chi connectivity index (χ0n) is 9.49. The van der Waals surface area contributed by atoms with Crippen molar-refractivity contribution in [2.24, 2.45) is 5.41 Å². The summed E-state index contributed by atoms with van der Waals surface area (Å²) in [6.45, 7) is 0.911. The second-order valence-electron chi connectivity index (χ2n) is 4.96. The molecule has 0 saturated heterocycles. The van der Waals surface area contributed by atoms with E-state index in [1.54, 1.807) is 0 Å². The van der Waals surface area contributed by atoms with Crippen LogP contribution in [0.25, 0.3) is 10.9 Å². The minimum Gasteiger partial charge on any atom is -0.346 e. The van der Waals surface area contributed by atoms with E-state index < -0.39 is 0 Å². The zero-order valence-corrected chi connectivity index (χ0v) is 10.2. The van der Waals surface area contributed by atoms with Gasteiger partial charge in [-0.2, -0.15) is 5.26 Å². The van der Waals surface area contributed by atoms with Crippen molar-refractivity contribution in [2.45, 2.75) is 25.8 Å². The molecule has 0 bridgehead atoms. The van der Waals surface area contributed by atoms with Crippen molar-refractivity contribution < 1.29 is 0 Å². The van der Waals surface area contributed by atoms with E-state index in [4.69, 9.17) is 16.9 Å². The molecule has 3 rings (SSSR count). The molecule has 1 aliphatic carbocycles. The summed E-state index contributed by atoms with van der Waals surface area (Å²) in [6.07, 6.45) is 5.04. The largest absolute Gasteiger partial charge is 0.346 e. The third-order valence-electron chi connectivity index (χ3n) is 3.66. The lowest BCUT2D eigenvalue weighted by Crippen LogP contribution is -2.10. The van der Waals surface area contributed by atoms with Gasteiger partial charge < -0.3 is 4.57 Å². The fraction of sp³-hybridized carbons (Fsp3) is 0.357. The van der Waals surface area contributed by atoms with Gasteiger partial charge >= 0.3 is 0 Å². The number of fused-ring (bicyclic) bond motifs is 1. The molecule has 0 unspecified atom stereocenters. The lowest BCUT2D eigenvalue weighted by atomic mass is 10.0. The monoisotopic (exact) mass is 244 g/mol. The highest BCUT2D eigenvalue weighted by molar-refractivity contribution is 6.35. The Morgan fingerprint density at radius 1 is 1.35 bits per heavy atom. The summed E-state index contributed by atoms with van der Waals surface area (Å²) < 4.78 is 2.20. The lowest BCUT2D eigenvalue weighted by molar-refractivity contribution is 0.440. The van der Waals surface area contributed by atoms with Gasteiger partial charge in [0.1, 0.15) is 0 Å². The minimum atomic E-state index is 0.208. The van der Waals surface area contributed by atoms with Gasteiger partial charge in [-0.1, -0.05) is 23.7 Å². The third kappa shape index (κ3) is 1.81. The topological polar surface area (TPSA) is 28.7 Å². The van der Waals surface area contributed by atoms with Gasteiger partial charge in [-0.3, -0.25) is 0 Å². The Hall–Kier alpha value is -1.46. The summed E-state index contributed by atoms with van der Waals surface area (Å²) in [7, 11) is 0. The Kier molecular flexibility index (Phi) is 2.38. The van der Waals surface area contributed by atoms with Gasteiger partial charge in [-0.05, 0) is 25.0 Å². The van der Waals surface area contributed by atoms with Gasteiger partial charge in [0.2, 0.25) is 0 Å². The molecular formula is C14H13ClN2. The van der Waals surface area contributed by atoms with Gasteiger partial charge in [0.15, 0.2) is 0 Å². The molecule has 1 fully saturated rings. The normalized spacial score (nSPS) is 16.9. The van der Waals surface area contributed by atoms with Crippen molar-refractivity contribution in [3.05, 3.63) is 35.5 Å². The van der Waals surface area contributed by atoms with Gasteiger partial charge in [0.25, 0.3) is 0 Å². The van der Waals surface area contributed by atoms with E-state index in [0.717, 1.165) is 29.9 Å².